The van der Waals surface area contributed by atoms with Crippen molar-refractivity contribution in [3.63, 3.8) is 0 Å². The molecule has 0 fully saturated rings. The van der Waals surface area contributed by atoms with Gasteiger partial charge in [0, 0.05) is 38.7 Å². The Balaban J connectivity index is 1.92. The van der Waals surface area contributed by atoms with E-state index in [0.29, 0.717) is 6.54 Å². The van der Waals surface area contributed by atoms with E-state index >= 15 is 0 Å². The van der Waals surface area contributed by atoms with E-state index in [1.54, 1.807) is 13.4 Å². The molecule has 1 aromatic carbocycles. The summed E-state index contributed by atoms with van der Waals surface area (Å²) in [5.41, 5.74) is 2.05. The van der Waals surface area contributed by atoms with Crippen LogP contribution in [-0.4, -0.2) is 39.9 Å². The summed E-state index contributed by atoms with van der Waals surface area (Å²) >= 11 is 0. The summed E-state index contributed by atoms with van der Waals surface area (Å²) in [6.07, 6.45) is 2.63. The van der Waals surface area contributed by atoms with Crippen molar-refractivity contribution in [2.45, 2.75) is 59.7 Å². The molecule has 0 aliphatic heterocycles. The van der Waals surface area contributed by atoms with Crippen molar-refractivity contribution >= 4 is 5.96 Å². The van der Waals surface area contributed by atoms with Gasteiger partial charge in [-0.25, -0.2) is 0 Å². The van der Waals surface area contributed by atoms with Gasteiger partial charge in [0.05, 0.1) is 0 Å². The summed E-state index contributed by atoms with van der Waals surface area (Å²) in [6.45, 7) is 12.5. The maximum atomic E-state index is 6.12. The fraction of sp³-hybridized carbons (Fsp3) is 0.550. The quantitative estimate of drug-likeness (QED) is 0.577. The molecule has 0 radical (unpaired) electrons. The molecule has 0 saturated carbocycles. The summed E-state index contributed by atoms with van der Waals surface area (Å²) in [7, 11) is 1.77. The van der Waals surface area contributed by atoms with Gasteiger partial charge in [0.1, 0.15) is 23.5 Å². The Morgan fingerprint density at radius 3 is 2.70 bits per heavy atom. The Bertz CT molecular complexity index is 760. The van der Waals surface area contributed by atoms with Crippen LogP contribution in [0.5, 0.6) is 5.75 Å². The third-order valence-corrected chi connectivity index (χ3v) is 3.97. The third kappa shape index (κ3) is 6.58. The molecule has 2 N–H and O–H groups in total. The fourth-order valence-corrected chi connectivity index (χ4v) is 2.67. The second-order valence-electron chi connectivity index (χ2n) is 7.47. The average molecular weight is 373 g/mol. The summed E-state index contributed by atoms with van der Waals surface area (Å²) in [5.74, 6) is 2.65. The predicted molar refractivity (Wildman–Crippen MR) is 109 cm³/mol. The minimum Gasteiger partial charge on any atom is -0.488 e. The van der Waals surface area contributed by atoms with Gasteiger partial charge in [0.15, 0.2) is 5.96 Å². The monoisotopic (exact) mass is 372 g/mol. The maximum absolute atomic E-state index is 6.12. The number of guanidine groups is 1. The van der Waals surface area contributed by atoms with E-state index in [0.717, 1.165) is 42.6 Å². The molecule has 2 rings (SSSR count). The SMILES string of the molecule is CCc1nncn1CCNC(=NC)NCc1ccc(C)cc1OC(C)(C)C. The van der Waals surface area contributed by atoms with Crippen molar-refractivity contribution in [1.82, 2.24) is 25.4 Å². The van der Waals surface area contributed by atoms with Gasteiger partial charge in [0.2, 0.25) is 0 Å². The fourth-order valence-electron chi connectivity index (χ4n) is 2.67. The lowest BCUT2D eigenvalue weighted by Gasteiger charge is -2.24. The number of nitrogens with one attached hydrogen (secondary N) is 2. The van der Waals surface area contributed by atoms with Gasteiger partial charge in [-0.15, -0.1) is 10.2 Å². The molecular formula is C20H32N6O. The minimum absolute atomic E-state index is 0.238. The Morgan fingerprint density at radius 1 is 1.26 bits per heavy atom. The summed E-state index contributed by atoms with van der Waals surface area (Å²) < 4.78 is 8.17. The van der Waals surface area contributed by atoms with Crippen molar-refractivity contribution in [2.75, 3.05) is 13.6 Å². The normalized spacial score (nSPS) is 12.1. The summed E-state index contributed by atoms with van der Waals surface area (Å²) in [5, 5.41) is 14.7. The molecular weight excluding hydrogens is 340 g/mol. The lowest BCUT2D eigenvalue weighted by Crippen LogP contribution is -2.38. The highest BCUT2D eigenvalue weighted by Crippen LogP contribution is 2.24. The van der Waals surface area contributed by atoms with Crippen LogP contribution in [0.2, 0.25) is 0 Å². The van der Waals surface area contributed by atoms with E-state index in [1.165, 1.54) is 5.56 Å². The number of benzene rings is 1. The van der Waals surface area contributed by atoms with E-state index in [1.807, 2.05) is 0 Å². The standard InChI is InChI=1S/C20H32N6O/c1-7-18-25-24-14-26(18)11-10-22-19(21-6)23-13-16-9-8-15(2)12-17(16)27-20(3,4)5/h8-9,12,14H,7,10-11,13H2,1-6H3,(H2,21,22,23). The van der Waals surface area contributed by atoms with E-state index < -0.39 is 0 Å². The number of aryl methyl sites for hydroxylation is 2. The van der Waals surface area contributed by atoms with Gasteiger partial charge >= 0.3 is 0 Å². The first-order valence-electron chi connectivity index (χ1n) is 9.42. The van der Waals surface area contributed by atoms with Crippen molar-refractivity contribution in [3.05, 3.63) is 41.5 Å². The number of ether oxygens (including phenoxy) is 1. The molecule has 1 heterocycles. The van der Waals surface area contributed by atoms with Gasteiger partial charge in [-0.2, -0.15) is 0 Å². The first kappa shape index (κ1) is 20.7. The van der Waals surface area contributed by atoms with E-state index in [-0.39, 0.29) is 5.60 Å². The Hall–Kier alpha value is -2.57. The number of aliphatic imine (C=N–C) groups is 1. The minimum atomic E-state index is -0.238. The van der Waals surface area contributed by atoms with Crippen LogP contribution < -0.4 is 15.4 Å². The molecule has 27 heavy (non-hydrogen) atoms. The average Bonchev–Trinajstić information content (AvgIpc) is 3.05. The first-order valence-corrected chi connectivity index (χ1v) is 9.42. The summed E-state index contributed by atoms with van der Waals surface area (Å²) in [6, 6.07) is 6.28. The molecule has 0 unspecified atom stereocenters. The molecule has 0 spiro atoms. The molecule has 0 atom stereocenters. The maximum Gasteiger partial charge on any atom is 0.191 e. The van der Waals surface area contributed by atoms with Crippen LogP contribution >= 0.6 is 0 Å². The Morgan fingerprint density at radius 2 is 2.04 bits per heavy atom. The highest BCUT2D eigenvalue weighted by Gasteiger charge is 2.15. The van der Waals surface area contributed by atoms with E-state index in [9.17, 15) is 0 Å². The first-order chi connectivity index (χ1) is 12.8. The van der Waals surface area contributed by atoms with Gasteiger partial charge in [-0.1, -0.05) is 19.1 Å². The molecule has 0 amide bonds. The van der Waals surface area contributed by atoms with E-state index in [4.69, 9.17) is 4.74 Å². The van der Waals surface area contributed by atoms with Crippen molar-refractivity contribution in [1.29, 1.82) is 0 Å². The number of hydrogen-bond acceptors (Lipinski definition) is 4. The zero-order valence-electron chi connectivity index (χ0n) is 17.3. The Labute approximate surface area is 162 Å². The topological polar surface area (TPSA) is 76.4 Å². The van der Waals surface area contributed by atoms with Crippen LogP contribution in [-0.2, 0) is 19.5 Å². The van der Waals surface area contributed by atoms with Crippen LogP contribution in [0.1, 0.15) is 44.6 Å². The molecule has 7 heteroatoms. The van der Waals surface area contributed by atoms with Crippen molar-refractivity contribution in [2.24, 2.45) is 4.99 Å². The molecule has 7 nitrogen and oxygen atoms in total. The number of aromatic nitrogens is 3. The zero-order valence-corrected chi connectivity index (χ0v) is 17.3. The van der Waals surface area contributed by atoms with E-state index in [2.05, 4.69) is 83.2 Å². The third-order valence-electron chi connectivity index (χ3n) is 3.97. The second kappa shape index (κ2) is 9.39. The lowest BCUT2D eigenvalue weighted by atomic mass is 10.1. The zero-order chi connectivity index (χ0) is 19.9. The van der Waals surface area contributed by atoms with Crippen LogP contribution in [0.15, 0.2) is 29.5 Å². The van der Waals surface area contributed by atoms with Gasteiger partial charge in [-0.3, -0.25) is 4.99 Å². The van der Waals surface area contributed by atoms with Crippen LogP contribution in [0, 0.1) is 6.92 Å². The van der Waals surface area contributed by atoms with Crippen LogP contribution in [0.4, 0.5) is 0 Å². The number of hydrogen-bond donors (Lipinski definition) is 2. The highest BCUT2D eigenvalue weighted by atomic mass is 16.5. The largest absolute Gasteiger partial charge is 0.488 e. The highest BCUT2D eigenvalue weighted by molar-refractivity contribution is 5.79. The number of nitrogens with zero attached hydrogens (tertiary/aromatic N) is 4. The van der Waals surface area contributed by atoms with Crippen LogP contribution in [0.25, 0.3) is 0 Å². The van der Waals surface area contributed by atoms with Gasteiger partial charge < -0.3 is 19.9 Å². The molecule has 0 saturated heterocycles. The molecule has 2 aromatic rings. The second-order valence-corrected chi connectivity index (χ2v) is 7.47. The molecule has 0 bridgehead atoms. The molecule has 1 aromatic heterocycles. The van der Waals surface area contributed by atoms with Crippen LogP contribution in [0.3, 0.4) is 0 Å². The summed E-state index contributed by atoms with van der Waals surface area (Å²) in [4.78, 5) is 4.30. The molecule has 148 valence electrons. The van der Waals surface area contributed by atoms with Gasteiger partial charge in [-0.05, 0) is 39.3 Å². The van der Waals surface area contributed by atoms with Crippen molar-refractivity contribution in [3.8, 4) is 5.75 Å². The molecule has 0 aliphatic rings. The predicted octanol–water partition coefficient (Wildman–Crippen LogP) is 2.69. The van der Waals surface area contributed by atoms with Gasteiger partial charge in [0.25, 0.3) is 0 Å². The lowest BCUT2D eigenvalue weighted by molar-refractivity contribution is 0.129. The smallest absolute Gasteiger partial charge is 0.191 e. The number of rotatable bonds is 7. The van der Waals surface area contributed by atoms with Crippen molar-refractivity contribution < 1.29 is 4.74 Å². The Kier molecular flexibility index (Phi) is 7.21. The molecule has 0 aliphatic carbocycles.